The summed E-state index contributed by atoms with van der Waals surface area (Å²) in [6, 6.07) is 0. The molecule has 3 nitrogen and oxygen atoms in total. The smallest absolute Gasteiger partial charge is 0.303 e. The average molecular weight is 186 g/mol. The number of aliphatic carboxylic acids is 1. The number of rotatable bonds is 7. The first-order valence-electron chi connectivity index (χ1n) is 4.80. The predicted octanol–water partition coefficient (Wildman–Crippen LogP) is 2.25. The van der Waals surface area contributed by atoms with E-state index in [1.807, 2.05) is 0 Å². The molecule has 0 aromatic carbocycles. The van der Waals surface area contributed by atoms with Gasteiger partial charge < -0.3 is 5.11 Å². The fraction of sp³-hybridized carbons (Fsp3) is 0.800. The molecule has 0 saturated heterocycles. The van der Waals surface area contributed by atoms with E-state index < -0.39 is 5.97 Å². The molecule has 0 bridgehead atoms. The third kappa shape index (κ3) is 6.31. The molecule has 0 amide bonds. The van der Waals surface area contributed by atoms with E-state index in [0.29, 0.717) is 6.42 Å². The van der Waals surface area contributed by atoms with E-state index in [-0.39, 0.29) is 18.1 Å². The van der Waals surface area contributed by atoms with E-state index in [0.717, 1.165) is 19.3 Å². The zero-order chi connectivity index (χ0) is 10.3. The lowest BCUT2D eigenvalue weighted by Gasteiger charge is -2.10. The molecule has 0 spiro atoms. The number of carboxylic acids is 1. The highest BCUT2D eigenvalue weighted by atomic mass is 16.4. The molecule has 1 N–H and O–H groups in total. The van der Waals surface area contributed by atoms with Crippen molar-refractivity contribution in [1.82, 2.24) is 0 Å². The molecule has 0 aliphatic carbocycles. The zero-order valence-corrected chi connectivity index (χ0v) is 8.38. The molecule has 0 aromatic rings. The van der Waals surface area contributed by atoms with E-state index in [2.05, 4.69) is 6.92 Å². The summed E-state index contributed by atoms with van der Waals surface area (Å²) >= 11 is 0. The van der Waals surface area contributed by atoms with Crippen LogP contribution in [0.25, 0.3) is 0 Å². The largest absolute Gasteiger partial charge is 0.481 e. The number of unbranched alkanes of at least 4 members (excludes halogenated alkanes) is 1. The topological polar surface area (TPSA) is 54.4 Å². The van der Waals surface area contributed by atoms with Gasteiger partial charge in [-0.15, -0.1) is 0 Å². The molecule has 0 fully saturated rings. The predicted molar refractivity (Wildman–Crippen MR) is 50.6 cm³/mol. The van der Waals surface area contributed by atoms with Gasteiger partial charge in [0.05, 0.1) is 0 Å². The molecule has 1 atom stereocenters. The third-order valence-electron chi connectivity index (χ3n) is 2.19. The van der Waals surface area contributed by atoms with Gasteiger partial charge in [-0.25, -0.2) is 0 Å². The summed E-state index contributed by atoms with van der Waals surface area (Å²) in [6.07, 6.45) is 3.48. The fourth-order valence-electron chi connectivity index (χ4n) is 1.30. The van der Waals surface area contributed by atoms with Gasteiger partial charge in [-0.2, -0.15) is 0 Å². The van der Waals surface area contributed by atoms with Crippen molar-refractivity contribution in [3.63, 3.8) is 0 Å². The highest BCUT2D eigenvalue weighted by Crippen LogP contribution is 2.15. The van der Waals surface area contributed by atoms with Crippen molar-refractivity contribution < 1.29 is 14.7 Å². The number of carbonyl (C=O) groups excluding carboxylic acids is 1. The maximum absolute atomic E-state index is 11.1. The Bertz CT molecular complexity index is 175. The number of carbonyl (C=O) groups is 2. The van der Waals surface area contributed by atoms with Crippen LogP contribution in [0.15, 0.2) is 0 Å². The van der Waals surface area contributed by atoms with Gasteiger partial charge in [0.15, 0.2) is 0 Å². The second-order valence-corrected chi connectivity index (χ2v) is 3.38. The molecule has 3 heteroatoms. The Kier molecular flexibility index (Phi) is 6.20. The second kappa shape index (κ2) is 6.63. The molecule has 0 rings (SSSR count). The van der Waals surface area contributed by atoms with E-state index in [1.165, 1.54) is 0 Å². The lowest BCUT2D eigenvalue weighted by Crippen LogP contribution is -2.12. The van der Waals surface area contributed by atoms with E-state index in [1.54, 1.807) is 6.92 Å². The third-order valence-corrected chi connectivity index (χ3v) is 2.19. The van der Waals surface area contributed by atoms with Gasteiger partial charge >= 0.3 is 5.97 Å². The molecule has 0 heterocycles. The Morgan fingerprint density at radius 2 is 1.92 bits per heavy atom. The minimum absolute atomic E-state index is 0.0453. The second-order valence-electron chi connectivity index (χ2n) is 3.38. The average Bonchev–Trinajstić information content (AvgIpc) is 2.03. The van der Waals surface area contributed by atoms with E-state index in [9.17, 15) is 9.59 Å². The van der Waals surface area contributed by atoms with Crippen molar-refractivity contribution in [2.75, 3.05) is 0 Å². The fourth-order valence-corrected chi connectivity index (χ4v) is 1.30. The van der Waals surface area contributed by atoms with Crippen LogP contribution in [0, 0.1) is 5.92 Å². The Morgan fingerprint density at radius 1 is 1.31 bits per heavy atom. The van der Waals surface area contributed by atoms with Crippen molar-refractivity contribution in [1.29, 1.82) is 0 Å². The molecular formula is C10H18O3. The molecule has 0 radical (unpaired) electrons. The number of ketones is 1. The van der Waals surface area contributed by atoms with Crippen molar-refractivity contribution >= 4 is 11.8 Å². The number of carboxylic acid groups (broad SMARTS) is 1. The van der Waals surface area contributed by atoms with Crippen LogP contribution in [-0.4, -0.2) is 16.9 Å². The van der Waals surface area contributed by atoms with Crippen LogP contribution in [0.4, 0.5) is 0 Å². The highest BCUT2D eigenvalue weighted by Gasteiger charge is 2.14. The van der Waals surface area contributed by atoms with Gasteiger partial charge in [-0.1, -0.05) is 19.8 Å². The van der Waals surface area contributed by atoms with Crippen molar-refractivity contribution in [2.45, 2.75) is 46.0 Å². The zero-order valence-electron chi connectivity index (χ0n) is 8.38. The van der Waals surface area contributed by atoms with E-state index in [4.69, 9.17) is 5.11 Å². The van der Waals surface area contributed by atoms with Crippen LogP contribution < -0.4 is 0 Å². The van der Waals surface area contributed by atoms with Crippen LogP contribution in [-0.2, 0) is 9.59 Å². The quantitative estimate of drug-likeness (QED) is 0.663. The minimum Gasteiger partial charge on any atom is -0.481 e. The summed E-state index contributed by atoms with van der Waals surface area (Å²) in [7, 11) is 0. The first-order chi connectivity index (χ1) is 6.07. The summed E-state index contributed by atoms with van der Waals surface area (Å²) in [5.41, 5.74) is 0. The van der Waals surface area contributed by atoms with Crippen molar-refractivity contribution in [3.05, 3.63) is 0 Å². The number of hydrogen-bond donors (Lipinski definition) is 1. The monoisotopic (exact) mass is 186 g/mol. The maximum Gasteiger partial charge on any atom is 0.303 e. The molecule has 0 aliphatic heterocycles. The summed E-state index contributed by atoms with van der Waals surface area (Å²) in [6.45, 7) is 3.61. The van der Waals surface area contributed by atoms with Gasteiger partial charge in [-0.3, -0.25) is 9.59 Å². The van der Waals surface area contributed by atoms with Gasteiger partial charge in [-0.05, 0) is 19.8 Å². The first kappa shape index (κ1) is 12.1. The van der Waals surface area contributed by atoms with Crippen molar-refractivity contribution in [2.24, 2.45) is 5.92 Å². The van der Waals surface area contributed by atoms with Crippen LogP contribution >= 0.6 is 0 Å². The SMILES string of the molecule is CCCCC(CCC(=O)O)C(C)=O. The molecule has 0 aliphatic rings. The minimum atomic E-state index is -0.817. The summed E-state index contributed by atoms with van der Waals surface area (Å²) in [5, 5.41) is 8.46. The Hall–Kier alpha value is -0.860. The first-order valence-corrected chi connectivity index (χ1v) is 4.80. The molecule has 76 valence electrons. The van der Waals surface area contributed by atoms with Gasteiger partial charge in [0.25, 0.3) is 0 Å². The standard InChI is InChI=1S/C10H18O3/c1-3-4-5-9(8(2)11)6-7-10(12)13/h9H,3-7H2,1-2H3,(H,12,13). The molecular weight excluding hydrogens is 168 g/mol. The maximum atomic E-state index is 11.1. The lowest BCUT2D eigenvalue weighted by molar-refractivity contribution is -0.137. The number of Topliss-reactive ketones (excluding diaryl/α,β-unsaturated/α-hetero) is 1. The Labute approximate surface area is 79.1 Å². The van der Waals surface area contributed by atoms with Gasteiger partial charge in [0.1, 0.15) is 5.78 Å². The molecule has 13 heavy (non-hydrogen) atoms. The van der Waals surface area contributed by atoms with Gasteiger partial charge in [0, 0.05) is 12.3 Å². The highest BCUT2D eigenvalue weighted by molar-refractivity contribution is 5.79. The summed E-state index contributed by atoms with van der Waals surface area (Å²) < 4.78 is 0. The molecule has 1 unspecified atom stereocenters. The normalized spacial score (nSPS) is 12.5. The van der Waals surface area contributed by atoms with Crippen LogP contribution in [0.3, 0.4) is 0 Å². The van der Waals surface area contributed by atoms with Crippen LogP contribution in [0.1, 0.15) is 46.0 Å². The lowest BCUT2D eigenvalue weighted by atomic mass is 9.93. The van der Waals surface area contributed by atoms with Crippen LogP contribution in [0.5, 0.6) is 0 Å². The summed E-state index contributed by atoms with van der Waals surface area (Å²) in [4.78, 5) is 21.4. The molecule has 0 saturated carbocycles. The summed E-state index contributed by atoms with van der Waals surface area (Å²) in [5.74, 6) is -0.742. The van der Waals surface area contributed by atoms with Crippen LogP contribution in [0.2, 0.25) is 0 Å². The number of hydrogen-bond acceptors (Lipinski definition) is 2. The Morgan fingerprint density at radius 3 is 2.31 bits per heavy atom. The van der Waals surface area contributed by atoms with E-state index >= 15 is 0 Å². The Balaban J connectivity index is 3.80. The van der Waals surface area contributed by atoms with Gasteiger partial charge in [0.2, 0.25) is 0 Å². The molecule has 0 aromatic heterocycles. The van der Waals surface area contributed by atoms with Crippen molar-refractivity contribution in [3.8, 4) is 0 Å².